The molecule has 2 N–H and O–H groups in total. The van der Waals surface area contributed by atoms with Gasteiger partial charge in [0.25, 0.3) is 0 Å². The van der Waals surface area contributed by atoms with Crippen LogP contribution in [-0.2, 0) is 0 Å². The summed E-state index contributed by atoms with van der Waals surface area (Å²) in [6, 6.07) is 7.54. The van der Waals surface area contributed by atoms with Crippen molar-refractivity contribution < 1.29 is 9.84 Å². The van der Waals surface area contributed by atoms with Crippen LogP contribution in [0.25, 0.3) is 0 Å². The van der Waals surface area contributed by atoms with Crippen molar-refractivity contribution in [3.8, 4) is 5.75 Å². The van der Waals surface area contributed by atoms with Crippen LogP contribution in [0, 0.1) is 0 Å². The number of aliphatic hydroxyl groups excluding tert-OH is 1. The average Bonchev–Trinajstić information content (AvgIpc) is 2.29. The molecule has 94 valence electrons. The first kappa shape index (κ1) is 13.7. The van der Waals surface area contributed by atoms with Crippen LogP contribution in [0.4, 0.5) is 0 Å². The van der Waals surface area contributed by atoms with Crippen LogP contribution < -0.4 is 10.1 Å². The molecule has 3 nitrogen and oxygen atoms in total. The van der Waals surface area contributed by atoms with Crippen LogP contribution >= 0.6 is 0 Å². The molecule has 1 atom stereocenters. The fourth-order valence-corrected chi connectivity index (χ4v) is 1.48. The number of rotatable bonds is 7. The van der Waals surface area contributed by atoms with Gasteiger partial charge < -0.3 is 15.2 Å². The van der Waals surface area contributed by atoms with Crippen molar-refractivity contribution in [3.63, 3.8) is 0 Å². The Morgan fingerprint density at radius 2 is 2.00 bits per heavy atom. The fraction of sp³-hybridized carbons (Fsp3) is 0.429. The van der Waals surface area contributed by atoms with E-state index in [4.69, 9.17) is 4.74 Å². The highest BCUT2D eigenvalue weighted by molar-refractivity contribution is 5.28. The summed E-state index contributed by atoms with van der Waals surface area (Å²) < 4.78 is 5.54. The number of ether oxygens (including phenoxy) is 1. The Morgan fingerprint density at radius 3 is 2.53 bits per heavy atom. The van der Waals surface area contributed by atoms with E-state index in [0.717, 1.165) is 11.3 Å². The van der Waals surface area contributed by atoms with Crippen LogP contribution in [0.5, 0.6) is 5.75 Å². The first-order valence-electron chi connectivity index (χ1n) is 5.89. The second-order valence-corrected chi connectivity index (χ2v) is 4.20. The van der Waals surface area contributed by atoms with Crippen LogP contribution in [-0.4, -0.2) is 24.3 Å². The minimum absolute atomic E-state index is 0.167. The van der Waals surface area contributed by atoms with Gasteiger partial charge in [-0.05, 0) is 31.5 Å². The molecule has 1 rings (SSSR count). The third-order valence-electron chi connectivity index (χ3n) is 2.26. The van der Waals surface area contributed by atoms with Crippen molar-refractivity contribution in [2.24, 2.45) is 0 Å². The van der Waals surface area contributed by atoms with Gasteiger partial charge in [-0.2, -0.15) is 0 Å². The lowest BCUT2D eigenvalue weighted by Gasteiger charge is -2.13. The molecule has 0 fully saturated rings. The number of benzene rings is 1. The molecule has 3 heteroatoms. The van der Waals surface area contributed by atoms with Gasteiger partial charge in [0, 0.05) is 13.1 Å². The zero-order valence-electron chi connectivity index (χ0n) is 10.5. The van der Waals surface area contributed by atoms with Crippen molar-refractivity contribution in [3.05, 3.63) is 42.5 Å². The topological polar surface area (TPSA) is 41.5 Å². The highest BCUT2D eigenvalue weighted by atomic mass is 16.5. The van der Waals surface area contributed by atoms with E-state index in [1.54, 1.807) is 6.08 Å². The Bertz CT molecular complexity index is 333. The summed E-state index contributed by atoms with van der Waals surface area (Å²) >= 11 is 0. The van der Waals surface area contributed by atoms with E-state index in [9.17, 15) is 5.11 Å². The van der Waals surface area contributed by atoms with Gasteiger partial charge in [0.2, 0.25) is 0 Å². The third-order valence-corrected chi connectivity index (χ3v) is 2.26. The summed E-state index contributed by atoms with van der Waals surface area (Å²) in [6.45, 7) is 8.81. The van der Waals surface area contributed by atoms with Crippen molar-refractivity contribution in [1.29, 1.82) is 0 Å². The van der Waals surface area contributed by atoms with Gasteiger partial charge in [0.15, 0.2) is 0 Å². The molecule has 0 aliphatic carbocycles. The molecule has 0 saturated carbocycles. The van der Waals surface area contributed by atoms with E-state index >= 15 is 0 Å². The van der Waals surface area contributed by atoms with E-state index in [1.165, 1.54) is 0 Å². The summed E-state index contributed by atoms with van der Waals surface area (Å²) in [5.74, 6) is 0.829. The third kappa shape index (κ3) is 5.02. The minimum Gasteiger partial charge on any atom is -0.491 e. The van der Waals surface area contributed by atoms with Gasteiger partial charge in [-0.1, -0.05) is 18.2 Å². The highest BCUT2D eigenvalue weighted by Crippen LogP contribution is 2.18. The molecule has 0 bridgehead atoms. The lowest BCUT2D eigenvalue weighted by molar-refractivity contribution is 0.176. The van der Waals surface area contributed by atoms with Crippen LogP contribution in [0.1, 0.15) is 25.5 Å². The molecule has 1 unspecified atom stereocenters. The van der Waals surface area contributed by atoms with E-state index in [-0.39, 0.29) is 6.10 Å². The second-order valence-electron chi connectivity index (χ2n) is 4.20. The van der Waals surface area contributed by atoms with Gasteiger partial charge in [-0.25, -0.2) is 0 Å². The lowest BCUT2D eigenvalue weighted by Crippen LogP contribution is -2.21. The summed E-state index contributed by atoms with van der Waals surface area (Å²) in [5, 5.41) is 13.0. The molecule has 0 heterocycles. The molecule has 0 spiro atoms. The molecular weight excluding hydrogens is 214 g/mol. The maximum Gasteiger partial charge on any atom is 0.119 e. The molecule has 17 heavy (non-hydrogen) atoms. The quantitative estimate of drug-likeness (QED) is 0.563. The summed E-state index contributed by atoms with van der Waals surface area (Å²) in [7, 11) is 0. The van der Waals surface area contributed by atoms with Gasteiger partial charge in [0.1, 0.15) is 5.75 Å². The molecule has 0 radical (unpaired) electrons. The Morgan fingerprint density at radius 1 is 1.35 bits per heavy atom. The maximum absolute atomic E-state index is 9.88. The van der Waals surface area contributed by atoms with Gasteiger partial charge >= 0.3 is 0 Å². The fourth-order valence-electron chi connectivity index (χ4n) is 1.48. The van der Waals surface area contributed by atoms with E-state index in [1.807, 2.05) is 38.1 Å². The predicted molar refractivity (Wildman–Crippen MR) is 70.2 cm³/mol. The molecular formula is C14H21NO2. The maximum atomic E-state index is 9.88. The first-order valence-corrected chi connectivity index (χ1v) is 5.89. The number of aliphatic hydroxyl groups is 1. The first-order chi connectivity index (χ1) is 8.13. The normalized spacial score (nSPS) is 12.5. The number of nitrogens with one attached hydrogen (secondary N) is 1. The van der Waals surface area contributed by atoms with Gasteiger partial charge in [0.05, 0.1) is 12.2 Å². The monoisotopic (exact) mass is 235 g/mol. The van der Waals surface area contributed by atoms with E-state index in [2.05, 4.69) is 11.9 Å². The molecule has 1 aromatic rings. The van der Waals surface area contributed by atoms with Crippen LogP contribution in [0.15, 0.2) is 36.9 Å². The zero-order chi connectivity index (χ0) is 12.7. The molecule has 0 aliphatic heterocycles. The Kier molecular flexibility index (Phi) is 5.73. The standard InChI is InChI=1S/C14H21NO2/c1-4-9-15-10-14(16)12-5-7-13(8-6-12)17-11(2)3/h4-8,11,14-16H,1,9-10H2,2-3H3. The molecule has 0 aliphatic rings. The Hall–Kier alpha value is -1.32. The zero-order valence-corrected chi connectivity index (χ0v) is 10.5. The Balaban J connectivity index is 2.51. The SMILES string of the molecule is C=CCNCC(O)c1ccc(OC(C)C)cc1. The molecule has 0 saturated heterocycles. The smallest absolute Gasteiger partial charge is 0.119 e. The second kappa shape index (κ2) is 7.09. The summed E-state index contributed by atoms with van der Waals surface area (Å²) in [6.07, 6.45) is 1.44. The largest absolute Gasteiger partial charge is 0.491 e. The van der Waals surface area contributed by atoms with Crippen LogP contribution in [0.3, 0.4) is 0 Å². The molecule has 1 aromatic carbocycles. The van der Waals surface area contributed by atoms with Gasteiger partial charge in [-0.15, -0.1) is 6.58 Å². The summed E-state index contributed by atoms with van der Waals surface area (Å²) in [4.78, 5) is 0. The minimum atomic E-state index is -0.497. The van der Waals surface area contributed by atoms with Crippen molar-refractivity contribution in [2.75, 3.05) is 13.1 Å². The highest BCUT2D eigenvalue weighted by Gasteiger charge is 2.06. The van der Waals surface area contributed by atoms with Crippen LogP contribution in [0.2, 0.25) is 0 Å². The van der Waals surface area contributed by atoms with Crippen molar-refractivity contribution >= 4 is 0 Å². The molecule has 0 amide bonds. The van der Waals surface area contributed by atoms with Gasteiger partial charge in [-0.3, -0.25) is 0 Å². The van der Waals surface area contributed by atoms with Crippen molar-refractivity contribution in [1.82, 2.24) is 5.32 Å². The lowest BCUT2D eigenvalue weighted by atomic mass is 10.1. The number of hydrogen-bond donors (Lipinski definition) is 2. The van der Waals surface area contributed by atoms with E-state index < -0.39 is 6.10 Å². The van der Waals surface area contributed by atoms with E-state index in [0.29, 0.717) is 13.1 Å². The average molecular weight is 235 g/mol. The van der Waals surface area contributed by atoms with Crippen molar-refractivity contribution in [2.45, 2.75) is 26.1 Å². The summed E-state index contributed by atoms with van der Waals surface area (Å²) in [5.41, 5.74) is 0.887. The Labute approximate surface area is 103 Å². The predicted octanol–water partition coefficient (Wildman–Crippen LogP) is 2.28. The molecule has 0 aromatic heterocycles. The number of hydrogen-bond acceptors (Lipinski definition) is 3.